The summed E-state index contributed by atoms with van der Waals surface area (Å²) < 4.78 is 46.1. The highest BCUT2D eigenvalue weighted by atomic mass is 19.4. The third-order valence-electron chi connectivity index (χ3n) is 3.58. The van der Waals surface area contributed by atoms with Gasteiger partial charge in [0.25, 0.3) is 0 Å². The van der Waals surface area contributed by atoms with Crippen molar-refractivity contribution in [3.63, 3.8) is 0 Å². The molecule has 0 aliphatic heterocycles. The van der Waals surface area contributed by atoms with E-state index in [1.54, 1.807) is 42.5 Å². The number of hydrogen-bond acceptors (Lipinski definition) is 3. The maximum absolute atomic E-state index is 13.5. The van der Waals surface area contributed by atoms with Crippen LogP contribution in [0.2, 0.25) is 0 Å². The normalized spacial score (nSPS) is 12.0. The minimum atomic E-state index is -4.63. The molecule has 1 heterocycles. The summed E-state index contributed by atoms with van der Waals surface area (Å²) >= 11 is 0. The van der Waals surface area contributed by atoms with E-state index in [9.17, 15) is 18.0 Å². The molecule has 0 spiro atoms. The predicted molar refractivity (Wildman–Crippen MR) is 87.1 cm³/mol. The van der Waals surface area contributed by atoms with Crippen LogP contribution in [0, 0.1) is 0 Å². The van der Waals surface area contributed by atoms with Crippen molar-refractivity contribution in [3.8, 4) is 5.69 Å². The summed E-state index contributed by atoms with van der Waals surface area (Å²) in [7, 11) is 1.23. The van der Waals surface area contributed by atoms with Gasteiger partial charge >= 0.3 is 12.1 Å². The Bertz CT molecular complexity index is 944. The van der Waals surface area contributed by atoms with Gasteiger partial charge in [0, 0.05) is 17.3 Å². The second-order valence-corrected chi connectivity index (χ2v) is 5.18. The van der Waals surface area contributed by atoms with E-state index in [0.717, 1.165) is 10.6 Å². The van der Waals surface area contributed by atoms with Gasteiger partial charge in [-0.15, -0.1) is 0 Å². The van der Waals surface area contributed by atoms with Gasteiger partial charge in [-0.3, -0.25) is 4.57 Å². The van der Waals surface area contributed by atoms with Crippen molar-refractivity contribution in [1.29, 1.82) is 0 Å². The Balaban J connectivity index is 2.33. The second-order valence-electron chi connectivity index (χ2n) is 5.18. The van der Waals surface area contributed by atoms with Crippen molar-refractivity contribution >= 4 is 23.1 Å². The Kier molecular flexibility index (Phi) is 4.31. The van der Waals surface area contributed by atoms with Gasteiger partial charge in [-0.25, -0.2) is 9.78 Å². The van der Waals surface area contributed by atoms with E-state index in [-0.39, 0.29) is 11.0 Å². The number of hydrogen-bond donors (Lipinski definition) is 0. The lowest BCUT2D eigenvalue weighted by atomic mass is 10.1. The Labute approximate surface area is 141 Å². The molecule has 0 atom stereocenters. The fourth-order valence-electron chi connectivity index (χ4n) is 2.53. The Morgan fingerprint density at radius 2 is 1.84 bits per heavy atom. The van der Waals surface area contributed by atoms with Gasteiger partial charge in [0.05, 0.1) is 18.1 Å². The lowest BCUT2D eigenvalue weighted by Crippen LogP contribution is -2.14. The number of rotatable bonds is 3. The van der Waals surface area contributed by atoms with Crippen LogP contribution in [0.4, 0.5) is 13.2 Å². The van der Waals surface area contributed by atoms with E-state index >= 15 is 0 Å². The van der Waals surface area contributed by atoms with Crippen LogP contribution in [0.1, 0.15) is 11.4 Å². The van der Waals surface area contributed by atoms with Crippen LogP contribution in [0.3, 0.4) is 0 Å². The first-order chi connectivity index (χ1) is 11.9. The molecule has 128 valence electrons. The number of methoxy groups -OCH3 is 1. The molecular weight excluding hydrogens is 333 g/mol. The summed E-state index contributed by atoms with van der Waals surface area (Å²) in [5, 5.41) is 0. The third-order valence-corrected chi connectivity index (χ3v) is 3.58. The highest BCUT2D eigenvalue weighted by Crippen LogP contribution is 2.35. The molecule has 0 aliphatic rings. The highest BCUT2D eigenvalue weighted by molar-refractivity contribution is 5.93. The molecule has 1 aromatic heterocycles. The van der Waals surface area contributed by atoms with E-state index < -0.39 is 18.0 Å². The number of nitrogens with zero attached hydrogens (tertiary/aromatic N) is 2. The van der Waals surface area contributed by atoms with E-state index in [1.807, 2.05) is 0 Å². The summed E-state index contributed by atoms with van der Waals surface area (Å²) in [6.07, 6.45) is -2.06. The van der Waals surface area contributed by atoms with Gasteiger partial charge in [-0.05, 0) is 24.3 Å². The van der Waals surface area contributed by atoms with E-state index in [2.05, 4.69) is 9.72 Å². The molecule has 0 N–H and O–H groups in total. The van der Waals surface area contributed by atoms with Crippen molar-refractivity contribution in [1.82, 2.24) is 9.55 Å². The average Bonchev–Trinajstić information content (AvgIpc) is 3.01. The molecule has 3 rings (SSSR count). The molecule has 2 aromatic carbocycles. The van der Waals surface area contributed by atoms with Gasteiger partial charge in [-0.1, -0.05) is 30.3 Å². The molecule has 0 unspecified atom stereocenters. The second kappa shape index (κ2) is 6.43. The molecule has 0 saturated heterocycles. The molecule has 7 heteroatoms. The van der Waals surface area contributed by atoms with Crippen LogP contribution in [0.15, 0.2) is 54.6 Å². The highest BCUT2D eigenvalue weighted by Gasteiger charge is 2.38. The molecule has 25 heavy (non-hydrogen) atoms. The Hall–Kier alpha value is -3.09. The standard InChI is InChI=1S/C18H13F3N2O2/c1-25-15(24)11-10-12-6-5-9-14-16(12)23(13-7-3-2-4-8-13)17(22-14)18(19,20)21/h2-11H,1H3. The van der Waals surface area contributed by atoms with Crippen LogP contribution in [-0.4, -0.2) is 22.6 Å². The fourth-order valence-corrected chi connectivity index (χ4v) is 2.53. The lowest BCUT2D eigenvalue weighted by molar-refractivity contribution is -0.145. The van der Waals surface area contributed by atoms with Crippen LogP contribution < -0.4 is 0 Å². The Morgan fingerprint density at radius 3 is 2.48 bits per heavy atom. The van der Waals surface area contributed by atoms with Gasteiger partial charge in [0.1, 0.15) is 0 Å². The Morgan fingerprint density at radius 1 is 1.12 bits per heavy atom. The van der Waals surface area contributed by atoms with Crippen molar-refractivity contribution in [2.45, 2.75) is 6.18 Å². The zero-order chi connectivity index (χ0) is 18.0. The van der Waals surface area contributed by atoms with Gasteiger partial charge < -0.3 is 4.74 Å². The van der Waals surface area contributed by atoms with Crippen molar-refractivity contribution in [2.24, 2.45) is 0 Å². The summed E-state index contributed by atoms with van der Waals surface area (Å²) in [5.41, 5.74) is 1.20. The number of ether oxygens (including phenoxy) is 1. The van der Waals surface area contributed by atoms with Crippen LogP contribution >= 0.6 is 0 Å². The molecule has 3 aromatic rings. The van der Waals surface area contributed by atoms with Gasteiger partial charge in [0.15, 0.2) is 0 Å². The predicted octanol–water partition coefficient (Wildman–Crippen LogP) is 4.23. The number of imidazole rings is 1. The first kappa shape index (κ1) is 16.8. The van der Waals surface area contributed by atoms with E-state index in [1.165, 1.54) is 19.3 Å². The molecule has 0 fully saturated rings. The molecule has 0 bridgehead atoms. The first-order valence-corrected chi connectivity index (χ1v) is 7.32. The maximum Gasteiger partial charge on any atom is 0.450 e. The zero-order valence-corrected chi connectivity index (χ0v) is 13.1. The van der Waals surface area contributed by atoms with Crippen molar-refractivity contribution in [2.75, 3.05) is 7.11 Å². The number of halogens is 3. The van der Waals surface area contributed by atoms with Gasteiger partial charge in [-0.2, -0.15) is 13.2 Å². The SMILES string of the molecule is COC(=O)C=Cc1cccc2nc(C(F)(F)F)n(-c3ccccc3)c12. The largest absolute Gasteiger partial charge is 0.466 e. The van der Waals surface area contributed by atoms with Gasteiger partial charge in [0.2, 0.25) is 5.82 Å². The molecule has 0 aliphatic carbocycles. The molecular formula is C18H13F3N2O2. The number of carbonyl (C=O) groups excluding carboxylic acids is 1. The minimum absolute atomic E-state index is 0.184. The zero-order valence-electron chi connectivity index (χ0n) is 13.1. The summed E-state index contributed by atoms with van der Waals surface area (Å²) in [6.45, 7) is 0. The maximum atomic E-state index is 13.5. The quantitative estimate of drug-likeness (QED) is 0.527. The number of alkyl halides is 3. The summed E-state index contributed by atoms with van der Waals surface area (Å²) in [6, 6.07) is 12.8. The monoisotopic (exact) mass is 346 g/mol. The molecule has 0 saturated carbocycles. The lowest BCUT2D eigenvalue weighted by Gasteiger charge is -2.12. The molecule has 0 radical (unpaired) electrons. The fraction of sp³-hybridized carbons (Fsp3) is 0.111. The smallest absolute Gasteiger partial charge is 0.450 e. The van der Waals surface area contributed by atoms with Crippen molar-refractivity contribution < 1.29 is 22.7 Å². The number of aromatic nitrogens is 2. The summed E-state index contributed by atoms with van der Waals surface area (Å²) in [4.78, 5) is 15.1. The minimum Gasteiger partial charge on any atom is -0.466 e. The molecule has 4 nitrogen and oxygen atoms in total. The first-order valence-electron chi connectivity index (χ1n) is 7.32. The van der Waals surface area contributed by atoms with E-state index in [0.29, 0.717) is 11.3 Å². The van der Waals surface area contributed by atoms with Crippen molar-refractivity contribution in [3.05, 3.63) is 66.0 Å². The summed E-state index contributed by atoms with van der Waals surface area (Å²) in [5.74, 6) is -1.62. The third kappa shape index (κ3) is 3.26. The van der Waals surface area contributed by atoms with Crippen LogP contribution in [0.25, 0.3) is 22.8 Å². The number of esters is 1. The number of carbonyl (C=O) groups is 1. The topological polar surface area (TPSA) is 44.1 Å². The molecule has 0 amide bonds. The van der Waals surface area contributed by atoms with Crippen LogP contribution in [0.5, 0.6) is 0 Å². The van der Waals surface area contributed by atoms with Crippen LogP contribution in [-0.2, 0) is 15.7 Å². The average molecular weight is 346 g/mol. The number of para-hydroxylation sites is 2. The number of fused-ring (bicyclic) bond motifs is 1. The number of benzene rings is 2. The van der Waals surface area contributed by atoms with E-state index in [4.69, 9.17) is 0 Å².